The maximum Gasteiger partial charge on any atom is 0.306 e. The zero-order valence-corrected chi connectivity index (χ0v) is 13.6. The minimum atomic E-state index is -0.471. The number of nitrogens with zero attached hydrogens (tertiary/aromatic N) is 7. The molecular formula is C13H20N8O2. The molecule has 23 heavy (non-hydrogen) atoms. The first kappa shape index (κ1) is 16.6. The van der Waals surface area contributed by atoms with Gasteiger partial charge in [0.1, 0.15) is 18.2 Å². The van der Waals surface area contributed by atoms with Crippen LogP contribution >= 0.6 is 0 Å². The predicted octanol–water partition coefficient (Wildman–Crippen LogP) is 1.28. The third-order valence-corrected chi connectivity index (χ3v) is 3.01. The van der Waals surface area contributed by atoms with Crippen molar-refractivity contribution < 1.29 is 4.92 Å². The summed E-state index contributed by atoms with van der Waals surface area (Å²) in [6.45, 7) is 4.99. The molecule has 10 heteroatoms. The van der Waals surface area contributed by atoms with Gasteiger partial charge in [-0.3, -0.25) is 14.8 Å². The number of nitro groups is 1. The topological polar surface area (TPSA) is 115 Å². The van der Waals surface area contributed by atoms with Gasteiger partial charge in [0.15, 0.2) is 0 Å². The Labute approximate surface area is 133 Å². The molecule has 0 aromatic carbocycles. The van der Waals surface area contributed by atoms with Gasteiger partial charge >= 0.3 is 5.69 Å². The van der Waals surface area contributed by atoms with Crippen LogP contribution in [-0.2, 0) is 6.54 Å². The van der Waals surface area contributed by atoms with E-state index in [2.05, 4.69) is 25.4 Å². The van der Waals surface area contributed by atoms with E-state index in [1.54, 1.807) is 0 Å². The molecule has 0 aliphatic carbocycles. The van der Waals surface area contributed by atoms with E-state index in [1.807, 2.05) is 32.8 Å². The number of rotatable bonds is 7. The molecular weight excluding hydrogens is 300 g/mol. The highest BCUT2D eigenvalue weighted by Crippen LogP contribution is 2.15. The zero-order chi connectivity index (χ0) is 17.0. The van der Waals surface area contributed by atoms with E-state index >= 15 is 0 Å². The maximum atomic E-state index is 10.6. The Kier molecular flexibility index (Phi) is 5.04. The largest absolute Gasteiger partial charge is 0.352 e. The molecule has 2 aromatic heterocycles. The molecule has 0 bridgehead atoms. The third kappa shape index (κ3) is 4.34. The molecule has 0 saturated heterocycles. The van der Waals surface area contributed by atoms with E-state index in [-0.39, 0.29) is 11.6 Å². The molecule has 2 rings (SSSR count). The number of nitrogens with one attached hydrogen (secondary N) is 1. The Hall–Kier alpha value is -2.78. The molecule has 0 atom stereocenters. The van der Waals surface area contributed by atoms with Crippen LogP contribution in [0.4, 0.5) is 17.6 Å². The van der Waals surface area contributed by atoms with Crippen molar-refractivity contribution in [2.24, 2.45) is 0 Å². The molecule has 0 fully saturated rings. The highest BCUT2D eigenvalue weighted by molar-refractivity contribution is 5.36. The van der Waals surface area contributed by atoms with Crippen LogP contribution in [0.5, 0.6) is 0 Å². The summed E-state index contributed by atoms with van der Waals surface area (Å²) in [5.41, 5.74) is -0.0258. The summed E-state index contributed by atoms with van der Waals surface area (Å²) in [5.74, 6) is 1.96. The SMILES string of the molecule is CC(C)c1nc(NCCn2cc([N+](=O)[O-])cn2)nc(N(C)C)n1. The van der Waals surface area contributed by atoms with Crippen molar-refractivity contribution in [1.82, 2.24) is 24.7 Å². The molecule has 124 valence electrons. The molecule has 2 heterocycles. The Morgan fingerprint density at radius 1 is 1.35 bits per heavy atom. The van der Waals surface area contributed by atoms with Crippen LogP contribution in [0.2, 0.25) is 0 Å². The monoisotopic (exact) mass is 320 g/mol. The molecule has 0 radical (unpaired) electrons. The summed E-state index contributed by atoms with van der Waals surface area (Å²) in [7, 11) is 3.73. The lowest BCUT2D eigenvalue weighted by Crippen LogP contribution is -2.19. The molecule has 0 unspecified atom stereocenters. The number of anilines is 2. The molecule has 1 N–H and O–H groups in total. The summed E-state index contributed by atoms with van der Waals surface area (Å²) in [5, 5.41) is 17.7. The van der Waals surface area contributed by atoms with Crippen molar-refractivity contribution in [3.8, 4) is 0 Å². The quantitative estimate of drug-likeness (QED) is 0.599. The standard InChI is InChI=1S/C13H20N8O2/c1-9(2)11-16-12(18-13(17-11)19(3)4)14-5-6-20-8-10(7-15-20)21(22)23/h7-9H,5-6H2,1-4H3,(H,14,16,17,18). The molecule has 0 aliphatic rings. The van der Waals surface area contributed by atoms with E-state index < -0.39 is 4.92 Å². The van der Waals surface area contributed by atoms with Gasteiger partial charge in [-0.1, -0.05) is 13.8 Å². The minimum absolute atomic E-state index is 0.0258. The molecule has 0 saturated carbocycles. The number of hydrogen-bond acceptors (Lipinski definition) is 8. The summed E-state index contributed by atoms with van der Waals surface area (Å²) in [6.07, 6.45) is 2.61. The first-order valence-electron chi connectivity index (χ1n) is 7.21. The van der Waals surface area contributed by atoms with Crippen LogP contribution < -0.4 is 10.2 Å². The van der Waals surface area contributed by atoms with Crippen molar-refractivity contribution in [2.75, 3.05) is 30.9 Å². The van der Waals surface area contributed by atoms with Crippen LogP contribution in [0.15, 0.2) is 12.4 Å². The van der Waals surface area contributed by atoms with E-state index in [4.69, 9.17) is 0 Å². The second-order valence-electron chi connectivity index (χ2n) is 5.51. The van der Waals surface area contributed by atoms with E-state index in [9.17, 15) is 10.1 Å². The summed E-state index contributed by atoms with van der Waals surface area (Å²) < 4.78 is 1.50. The second-order valence-corrected chi connectivity index (χ2v) is 5.51. The average Bonchev–Trinajstić information content (AvgIpc) is 2.96. The number of hydrogen-bond donors (Lipinski definition) is 1. The first-order chi connectivity index (χ1) is 10.9. The molecule has 0 aliphatic heterocycles. The van der Waals surface area contributed by atoms with Crippen molar-refractivity contribution >= 4 is 17.6 Å². The van der Waals surface area contributed by atoms with Gasteiger partial charge in [0.05, 0.1) is 11.5 Å². The highest BCUT2D eigenvalue weighted by Gasteiger charge is 2.11. The van der Waals surface area contributed by atoms with Crippen LogP contribution in [-0.4, -0.2) is 50.3 Å². The fraction of sp³-hybridized carbons (Fsp3) is 0.538. The predicted molar refractivity (Wildman–Crippen MR) is 85.6 cm³/mol. The first-order valence-corrected chi connectivity index (χ1v) is 7.21. The lowest BCUT2D eigenvalue weighted by molar-refractivity contribution is -0.385. The molecule has 10 nitrogen and oxygen atoms in total. The van der Waals surface area contributed by atoms with Gasteiger partial charge in [0.2, 0.25) is 11.9 Å². The summed E-state index contributed by atoms with van der Waals surface area (Å²) in [4.78, 5) is 25.1. The second kappa shape index (κ2) is 6.99. The Morgan fingerprint density at radius 2 is 2.09 bits per heavy atom. The fourth-order valence-corrected chi connectivity index (χ4v) is 1.77. The van der Waals surface area contributed by atoms with E-state index in [0.717, 1.165) is 0 Å². The Balaban J connectivity index is 2.02. The van der Waals surface area contributed by atoms with E-state index in [1.165, 1.54) is 17.1 Å². The molecule has 2 aromatic rings. The lowest BCUT2D eigenvalue weighted by Gasteiger charge is -2.14. The number of aromatic nitrogens is 5. The van der Waals surface area contributed by atoms with Crippen molar-refractivity contribution in [2.45, 2.75) is 26.3 Å². The third-order valence-electron chi connectivity index (χ3n) is 3.01. The van der Waals surface area contributed by atoms with Crippen molar-refractivity contribution in [3.63, 3.8) is 0 Å². The normalized spacial score (nSPS) is 10.8. The van der Waals surface area contributed by atoms with Gasteiger partial charge < -0.3 is 10.2 Å². The van der Waals surface area contributed by atoms with Gasteiger partial charge in [-0.15, -0.1) is 0 Å². The Bertz CT molecular complexity index is 656. The highest BCUT2D eigenvalue weighted by atomic mass is 16.6. The van der Waals surface area contributed by atoms with Gasteiger partial charge in [-0.2, -0.15) is 20.1 Å². The van der Waals surface area contributed by atoms with Crippen LogP contribution in [0.3, 0.4) is 0 Å². The minimum Gasteiger partial charge on any atom is -0.352 e. The van der Waals surface area contributed by atoms with Gasteiger partial charge in [0, 0.05) is 26.6 Å². The van der Waals surface area contributed by atoms with Crippen LogP contribution in [0, 0.1) is 10.1 Å². The van der Waals surface area contributed by atoms with Gasteiger partial charge in [0.25, 0.3) is 0 Å². The summed E-state index contributed by atoms with van der Waals surface area (Å²) >= 11 is 0. The molecule has 0 spiro atoms. The van der Waals surface area contributed by atoms with E-state index in [0.29, 0.717) is 30.8 Å². The fourth-order valence-electron chi connectivity index (χ4n) is 1.77. The lowest BCUT2D eigenvalue weighted by atomic mass is 10.2. The smallest absolute Gasteiger partial charge is 0.306 e. The average molecular weight is 320 g/mol. The van der Waals surface area contributed by atoms with Gasteiger partial charge in [-0.25, -0.2) is 0 Å². The van der Waals surface area contributed by atoms with Crippen molar-refractivity contribution in [1.29, 1.82) is 0 Å². The Morgan fingerprint density at radius 3 is 2.65 bits per heavy atom. The zero-order valence-electron chi connectivity index (χ0n) is 13.6. The summed E-state index contributed by atoms with van der Waals surface area (Å²) in [6, 6.07) is 0. The van der Waals surface area contributed by atoms with Gasteiger partial charge in [-0.05, 0) is 0 Å². The van der Waals surface area contributed by atoms with Crippen LogP contribution in [0.25, 0.3) is 0 Å². The van der Waals surface area contributed by atoms with Crippen LogP contribution in [0.1, 0.15) is 25.6 Å². The maximum absolute atomic E-state index is 10.6. The van der Waals surface area contributed by atoms with Crippen molar-refractivity contribution in [3.05, 3.63) is 28.3 Å². The molecule has 0 amide bonds.